The second kappa shape index (κ2) is 5.79. The van der Waals surface area contributed by atoms with Crippen LogP contribution in [-0.2, 0) is 6.54 Å². The molecule has 2 rings (SSSR count). The van der Waals surface area contributed by atoms with Crippen LogP contribution in [0.1, 0.15) is 0 Å². The van der Waals surface area contributed by atoms with Crippen LogP contribution < -0.4 is 11.4 Å². The zero-order chi connectivity index (χ0) is 12.3. The first-order chi connectivity index (χ1) is 8.20. The van der Waals surface area contributed by atoms with Gasteiger partial charge in [0.2, 0.25) is 0 Å². The van der Waals surface area contributed by atoms with Crippen LogP contribution in [0.25, 0.3) is 0 Å². The molecule has 1 aromatic rings. The molecule has 17 heavy (non-hydrogen) atoms. The highest BCUT2D eigenvalue weighted by Gasteiger charge is 2.26. The second-order valence-electron chi connectivity index (χ2n) is 4.06. The van der Waals surface area contributed by atoms with Gasteiger partial charge in [0.05, 0.1) is 0 Å². The number of nitrogen functional groups attached to an aromatic ring is 1. The molecule has 94 valence electrons. The molecule has 1 saturated heterocycles. The molecular formula is C10H15N3O2S2. The van der Waals surface area contributed by atoms with Crippen molar-refractivity contribution < 1.29 is 5.11 Å². The Hall–Kier alpha value is -0.660. The van der Waals surface area contributed by atoms with Crippen LogP contribution in [0, 0.1) is 11.8 Å². The van der Waals surface area contributed by atoms with Crippen LogP contribution in [0.15, 0.2) is 17.1 Å². The van der Waals surface area contributed by atoms with Gasteiger partial charge in [-0.25, -0.2) is 4.79 Å². The molecule has 0 spiro atoms. The van der Waals surface area contributed by atoms with E-state index in [2.05, 4.69) is 4.98 Å². The van der Waals surface area contributed by atoms with Crippen LogP contribution in [0.3, 0.4) is 0 Å². The van der Waals surface area contributed by atoms with Crippen LogP contribution in [-0.4, -0.2) is 32.8 Å². The molecule has 7 heteroatoms. The van der Waals surface area contributed by atoms with E-state index in [1.54, 1.807) is 38.4 Å². The normalized spacial score (nSPS) is 24.8. The van der Waals surface area contributed by atoms with E-state index in [0.29, 0.717) is 12.5 Å². The Kier molecular flexibility index (Phi) is 4.36. The molecular weight excluding hydrogens is 258 g/mol. The highest BCUT2D eigenvalue weighted by Crippen LogP contribution is 2.36. The molecule has 1 fully saturated rings. The summed E-state index contributed by atoms with van der Waals surface area (Å²) in [6.45, 7) is 0.778. The maximum atomic E-state index is 11.6. The predicted molar refractivity (Wildman–Crippen MR) is 71.9 cm³/mol. The summed E-state index contributed by atoms with van der Waals surface area (Å²) >= 11 is 0. The molecule has 0 radical (unpaired) electrons. The molecule has 1 aromatic heterocycles. The van der Waals surface area contributed by atoms with Gasteiger partial charge in [0.1, 0.15) is 5.82 Å². The maximum absolute atomic E-state index is 11.6. The van der Waals surface area contributed by atoms with Gasteiger partial charge in [-0.1, -0.05) is 21.6 Å². The molecule has 2 heterocycles. The van der Waals surface area contributed by atoms with Gasteiger partial charge in [0.15, 0.2) is 0 Å². The summed E-state index contributed by atoms with van der Waals surface area (Å²) in [5.74, 6) is 2.70. The van der Waals surface area contributed by atoms with E-state index in [0.717, 1.165) is 11.5 Å². The van der Waals surface area contributed by atoms with E-state index >= 15 is 0 Å². The van der Waals surface area contributed by atoms with Gasteiger partial charge < -0.3 is 10.8 Å². The summed E-state index contributed by atoms with van der Waals surface area (Å²) in [5.41, 5.74) is 5.13. The minimum Gasteiger partial charge on any atom is -0.396 e. The van der Waals surface area contributed by atoms with Gasteiger partial charge in [-0.3, -0.25) is 4.57 Å². The van der Waals surface area contributed by atoms with Crippen molar-refractivity contribution in [3.63, 3.8) is 0 Å². The number of nitrogens with zero attached hydrogens (tertiary/aromatic N) is 2. The summed E-state index contributed by atoms with van der Waals surface area (Å²) < 4.78 is 1.57. The molecule has 0 saturated carbocycles. The monoisotopic (exact) mass is 273 g/mol. The van der Waals surface area contributed by atoms with Gasteiger partial charge in [-0.05, 0) is 17.9 Å². The van der Waals surface area contributed by atoms with E-state index in [9.17, 15) is 9.90 Å². The predicted octanol–water partition coefficient (Wildman–Crippen LogP) is 0.445. The lowest BCUT2D eigenvalue weighted by Gasteiger charge is -2.29. The smallest absolute Gasteiger partial charge is 0.349 e. The molecule has 0 aliphatic carbocycles. The summed E-state index contributed by atoms with van der Waals surface area (Å²) in [6.07, 6.45) is 1.67. The third kappa shape index (κ3) is 3.17. The number of rotatable bonds is 3. The summed E-state index contributed by atoms with van der Waals surface area (Å²) in [5, 5.41) is 9.31. The third-order valence-corrected chi connectivity index (χ3v) is 5.49. The third-order valence-electron chi connectivity index (χ3n) is 2.88. The molecule has 1 aliphatic rings. The number of nitrogens with two attached hydrogens (primary N) is 1. The van der Waals surface area contributed by atoms with Crippen molar-refractivity contribution in [3.8, 4) is 0 Å². The topological polar surface area (TPSA) is 81.1 Å². The second-order valence-corrected chi connectivity index (χ2v) is 6.61. The lowest BCUT2D eigenvalue weighted by Crippen LogP contribution is -2.34. The van der Waals surface area contributed by atoms with E-state index in [1.165, 1.54) is 0 Å². The quantitative estimate of drug-likeness (QED) is 0.778. The van der Waals surface area contributed by atoms with Crippen LogP contribution in [0.4, 0.5) is 5.82 Å². The number of hydrogen-bond donors (Lipinski definition) is 2. The van der Waals surface area contributed by atoms with Crippen molar-refractivity contribution in [1.82, 2.24) is 9.55 Å². The average molecular weight is 273 g/mol. The number of aromatic nitrogens is 2. The van der Waals surface area contributed by atoms with E-state index in [1.807, 2.05) is 0 Å². The number of hydrogen-bond acceptors (Lipinski definition) is 6. The van der Waals surface area contributed by atoms with Crippen molar-refractivity contribution in [2.45, 2.75) is 6.54 Å². The van der Waals surface area contributed by atoms with Crippen LogP contribution >= 0.6 is 21.6 Å². The largest absolute Gasteiger partial charge is 0.396 e. The first-order valence-corrected chi connectivity index (χ1v) is 7.87. The van der Waals surface area contributed by atoms with E-state index in [-0.39, 0.29) is 24.0 Å². The number of anilines is 1. The van der Waals surface area contributed by atoms with Gasteiger partial charge >= 0.3 is 5.69 Å². The van der Waals surface area contributed by atoms with Crippen molar-refractivity contribution in [2.75, 3.05) is 23.8 Å². The Labute approximate surface area is 107 Å². The lowest BCUT2D eigenvalue weighted by atomic mass is 9.96. The molecule has 5 nitrogen and oxygen atoms in total. The van der Waals surface area contributed by atoms with Gasteiger partial charge in [0, 0.05) is 30.9 Å². The SMILES string of the molecule is Nc1ccn(CC2CSSC[C@H]2CO)c(=O)n1. The standard InChI is InChI=1S/C10H15N3O2S2/c11-9-1-2-13(10(15)12-9)3-7-5-16-17-6-8(7)4-14/h1-2,7-8,14H,3-6H2,(H2,11,12,15)/t7?,8-/m1/s1. The molecule has 2 atom stereocenters. The molecule has 3 N–H and O–H groups in total. The molecule has 0 amide bonds. The molecule has 0 bridgehead atoms. The molecule has 1 aliphatic heterocycles. The minimum atomic E-state index is -0.315. The number of aliphatic hydroxyl groups is 1. The average Bonchev–Trinajstić information content (AvgIpc) is 2.33. The lowest BCUT2D eigenvalue weighted by molar-refractivity contribution is 0.189. The van der Waals surface area contributed by atoms with Crippen LogP contribution in [0.5, 0.6) is 0 Å². The fourth-order valence-electron chi connectivity index (χ4n) is 1.78. The van der Waals surface area contributed by atoms with Crippen molar-refractivity contribution >= 4 is 27.4 Å². The fraction of sp³-hybridized carbons (Fsp3) is 0.600. The van der Waals surface area contributed by atoms with Crippen molar-refractivity contribution in [3.05, 3.63) is 22.7 Å². The van der Waals surface area contributed by atoms with Crippen LogP contribution in [0.2, 0.25) is 0 Å². The maximum Gasteiger partial charge on any atom is 0.349 e. The van der Waals surface area contributed by atoms with E-state index < -0.39 is 0 Å². The summed E-state index contributed by atoms with van der Waals surface area (Å²) in [4.78, 5) is 15.3. The fourth-order valence-corrected chi connectivity index (χ4v) is 4.70. The van der Waals surface area contributed by atoms with Crippen molar-refractivity contribution in [2.24, 2.45) is 11.8 Å². The zero-order valence-electron chi connectivity index (χ0n) is 9.28. The first kappa shape index (κ1) is 12.8. The van der Waals surface area contributed by atoms with Gasteiger partial charge in [-0.15, -0.1) is 0 Å². The summed E-state index contributed by atoms with van der Waals surface area (Å²) in [6, 6.07) is 1.63. The zero-order valence-corrected chi connectivity index (χ0v) is 10.9. The first-order valence-electron chi connectivity index (χ1n) is 5.39. The Morgan fingerprint density at radius 1 is 1.47 bits per heavy atom. The highest BCUT2D eigenvalue weighted by molar-refractivity contribution is 8.76. The van der Waals surface area contributed by atoms with Gasteiger partial charge in [-0.2, -0.15) is 4.98 Å². The molecule has 0 aromatic carbocycles. The Morgan fingerprint density at radius 3 is 2.82 bits per heavy atom. The Balaban J connectivity index is 2.11. The van der Waals surface area contributed by atoms with Crippen molar-refractivity contribution in [1.29, 1.82) is 0 Å². The molecule has 1 unspecified atom stereocenters. The van der Waals surface area contributed by atoms with Gasteiger partial charge in [0.25, 0.3) is 0 Å². The highest BCUT2D eigenvalue weighted by atomic mass is 33.1. The number of aliphatic hydroxyl groups excluding tert-OH is 1. The summed E-state index contributed by atoms with van der Waals surface area (Å²) in [7, 11) is 3.58. The van der Waals surface area contributed by atoms with E-state index in [4.69, 9.17) is 5.73 Å². The minimum absolute atomic E-state index is 0.176. The Morgan fingerprint density at radius 2 is 2.18 bits per heavy atom. The Bertz CT molecular complexity index is 438.